The van der Waals surface area contributed by atoms with Crippen LogP contribution < -0.4 is 20.7 Å². The summed E-state index contributed by atoms with van der Waals surface area (Å²) in [6.45, 7) is 3.28. The normalized spacial score (nSPS) is 20.0. The Morgan fingerprint density at radius 1 is 1.07 bits per heavy atom. The average Bonchev–Trinajstić information content (AvgIpc) is 2.64. The fourth-order valence-corrected chi connectivity index (χ4v) is 4.11. The van der Waals surface area contributed by atoms with Crippen LogP contribution >= 0.6 is 12.2 Å². The van der Waals surface area contributed by atoms with Gasteiger partial charge in [-0.1, -0.05) is 30.3 Å². The van der Waals surface area contributed by atoms with Crippen molar-refractivity contribution in [3.63, 3.8) is 0 Å². The van der Waals surface area contributed by atoms with E-state index in [1.54, 1.807) is 17.0 Å². The molecular weight excluding hydrogens is 380 g/mol. The summed E-state index contributed by atoms with van der Waals surface area (Å²) in [6.07, 6.45) is 2.13. The Balaban J connectivity index is 1.44. The number of nitrogens with one attached hydrogen (secondary N) is 3. The maximum atomic E-state index is 11.3. The zero-order valence-electron chi connectivity index (χ0n) is 15.0. The van der Waals surface area contributed by atoms with Gasteiger partial charge in [-0.2, -0.15) is 0 Å². The molecule has 0 aromatic heterocycles. The van der Waals surface area contributed by atoms with Crippen LogP contribution in [0.3, 0.4) is 0 Å². The second kappa shape index (κ2) is 8.79. The van der Waals surface area contributed by atoms with E-state index in [2.05, 4.69) is 34.9 Å². The van der Waals surface area contributed by atoms with Crippen LogP contribution in [0.15, 0.2) is 59.5 Å². The van der Waals surface area contributed by atoms with Gasteiger partial charge in [0.15, 0.2) is 5.11 Å². The molecule has 0 spiro atoms. The molecule has 0 atom stereocenters. The van der Waals surface area contributed by atoms with Crippen molar-refractivity contribution in [2.24, 2.45) is 5.14 Å². The van der Waals surface area contributed by atoms with Crippen LogP contribution in [0.5, 0.6) is 0 Å². The maximum absolute atomic E-state index is 11.3. The molecule has 0 bridgehead atoms. The van der Waals surface area contributed by atoms with Crippen LogP contribution in [0.2, 0.25) is 0 Å². The lowest BCUT2D eigenvalue weighted by atomic mass is 10.0. The Kier molecular flexibility index (Phi) is 6.43. The first-order chi connectivity index (χ1) is 12.9. The lowest BCUT2D eigenvalue weighted by molar-refractivity contribution is -0.918. The van der Waals surface area contributed by atoms with Crippen LogP contribution in [0.4, 0.5) is 5.69 Å². The van der Waals surface area contributed by atoms with Crippen LogP contribution in [0.1, 0.15) is 18.4 Å². The number of hydrogen-bond acceptors (Lipinski definition) is 3. The SMILES string of the molecule is NS(=O)(=O)c1ccc(NC(=S)NC2CC[NH+](Cc3ccccc3)CC2)cc1. The molecule has 0 amide bonds. The summed E-state index contributed by atoms with van der Waals surface area (Å²) in [4.78, 5) is 1.68. The molecule has 0 saturated carbocycles. The van der Waals surface area contributed by atoms with Gasteiger partial charge in [-0.05, 0) is 36.5 Å². The number of hydrogen-bond donors (Lipinski definition) is 4. The van der Waals surface area contributed by atoms with E-state index in [0.717, 1.165) is 38.2 Å². The van der Waals surface area contributed by atoms with Crippen molar-refractivity contribution >= 4 is 33.0 Å². The number of nitrogens with two attached hydrogens (primary N) is 1. The van der Waals surface area contributed by atoms with E-state index in [1.807, 2.05) is 6.07 Å². The van der Waals surface area contributed by atoms with Crippen molar-refractivity contribution in [1.82, 2.24) is 5.32 Å². The summed E-state index contributed by atoms with van der Waals surface area (Å²) in [6, 6.07) is 17.2. The zero-order chi connectivity index (χ0) is 19.3. The van der Waals surface area contributed by atoms with Gasteiger partial charge in [-0.25, -0.2) is 13.6 Å². The topological polar surface area (TPSA) is 88.7 Å². The minimum Gasteiger partial charge on any atom is -0.359 e. The summed E-state index contributed by atoms with van der Waals surface area (Å²) in [5.74, 6) is 0. The van der Waals surface area contributed by atoms with Crippen LogP contribution in [0.25, 0.3) is 0 Å². The van der Waals surface area contributed by atoms with Gasteiger partial charge in [-0.15, -0.1) is 0 Å². The molecule has 0 aliphatic carbocycles. The standard InChI is InChI=1S/C19H24N4O2S2/c20-27(24,25)18-8-6-16(7-9-18)21-19(26)22-17-10-12-23(13-11-17)14-15-4-2-1-3-5-15/h1-9,17H,10-14H2,(H2,20,24,25)(H2,21,22,26)/p+1. The van der Waals surface area contributed by atoms with Gasteiger partial charge in [0, 0.05) is 30.1 Å². The number of thiocarbonyl (C=S) groups is 1. The van der Waals surface area contributed by atoms with Gasteiger partial charge in [-0.3, -0.25) is 0 Å². The van der Waals surface area contributed by atoms with E-state index < -0.39 is 10.0 Å². The number of likely N-dealkylation sites (tertiary alicyclic amines) is 1. The molecule has 3 rings (SSSR count). The van der Waals surface area contributed by atoms with Crippen LogP contribution in [0, 0.1) is 0 Å². The molecule has 2 aromatic carbocycles. The molecule has 1 saturated heterocycles. The van der Waals surface area contributed by atoms with Crippen molar-refractivity contribution in [2.75, 3.05) is 18.4 Å². The monoisotopic (exact) mass is 405 g/mol. The van der Waals surface area contributed by atoms with E-state index in [1.165, 1.54) is 17.7 Å². The summed E-state index contributed by atoms with van der Waals surface area (Å²) in [5.41, 5.74) is 2.10. The summed E-state index contributed by atoms with van der Waals surface area (Å²) < 4.78 is 22.6. The first kappa shape index (κ1) is 19.8. The molecular formula is C19H25N4O2S2+. The quantitative estimate of drug-likeness (QED) is 0.555. The Labute approximate surface area is 165 Å². The first-order valence-corrected chi connectivity index (χ1v) is 10.9. The molecule has 0 radical (unpaired) electrons. The van der Waals surface area contributed by atoms with Gasteiger partial charge in [0.1, 0.15) is 6.54 Å². The third-order valence-corrected chi connectivity index (χ3v) is 5.91. The Morgan fingerprint density at radius 2 is 1.70 bits per heavy atom. The van der Waals surface area contributed by atoms with Crippen molar-refractivity contribution in [1.29, 1.82) is 0 Å². The number of sulfonamides is 1. The number of quaternary nitrogens is 1. The minimum atomic E-state index is -3.68. The minimum absolute atomic E-state index is 0.0840. The van der Waals surface area contributed by atoms with E-state index in [-0.39, 0.29) is 4.90 Å². The van der Waals surface area contributed by atoms with Gasteiger partial charge in [0.25, 0.3) is 0 Å². The van der Waals surface area contributed by atoms with E-state index in [4.69, 9.17) is 17.4 Å². The molecule has 1 fully saturated rings. The molecule has 0 unspecified atom stereocenters. The molecule has 144 valence electrons. The van der Waals surface area contributed by atoms with Crippen molar-refractivity contribution in [2.45, 2.75) is 30.3 Å². The zero-order valence-corrected chi connectivity index (χ0v) is 16.7. The predicted octanol–water partition coefficient (Wildman–Crippen LogP) is 0.868. The fourth-order valence-electron chi connectivity index (χ4n) is 3.31. The molecule has 6 nitrogen and oxygen atoms in total. The number of benzene rings is 2. The summed E-state index contributed by atoms with van der Waals surface area (Å²) in [5, 5.41) is 12.1. The first-order valence-electron chi connectivity index (χ1n) is 8.98. The van der Waals surface area contributed by atoms with Gasteiger partial charge in [0.05, 0.1) is 18.0 Å². The highest BCUT2D eigenvalue weighted by molar-refractivity contribution is 7.89. The predicted molar refractivity (Wildman–Crippen MR) is 111 cm³/mol. The molecule has 1 heterocycles. The van der Waals surface area contributed by atoms with E-state index >= 15 is 0 Å². The van der Waals surface area contributed by atoms with Crippen molar-refractivity contribution < 1.29 is 13.3 Å². The fraction of sp³-hybridized carbons (Fsp3) is 0.316. The second-order valence-electron chi connectivity index (χ2n) is 6.85. The van der Waals surface area contributed by atoms with E-state index in [0.29, 0.717) is 11.2 Å². The second-order valence-corrected chi connectivity index (χ2v) is 8.82. The highest BCUT2D eigenvalue weighted by atomic mass is 32.2. The van der Waals surface area contributed by atoms with Crippen molar-refractivity contribution in [3.8, 4) is 0 Å². The Hall–Kier alpha value is -2.00. The molecule has 2 aromatic rings. The molecule has 1 aliphatic rings. The van der Waals surface area contributed by atoms with Gasteiger partial charge >= 0.3 is 0 Å². The smallest absolute Gasteiger partial charge is 0.238 e. The number of primary sulfonamides is 1. The Bertz CT molecular complexity index is 862. The van der Waals surface area contributed by atoms with Gasteiger partial charge < -0.3 is 15.5 Å². The summed E-state index contributed by atoms with van der Waals surface area (Å²) >= 11 is 5.39. The van der Waals surface area contributed by atoms with Crippen LogP contribution in [-0.2, 0) is 16.6 Å². The maximum Gasteiger partial charge on any atom is 0.238 e. The van der Waals surface area contributed by atoms with Gasteiger partial charge in [0.2, 0.25) is 10.0 Å². The average molecular weight is 406 g/mol. The number of piperidine rings is 1. The number of anilines is 1. The lowest BCUT2D eigenvalue weighted by Crippen LogP contribution is -3.12. The third kappa shape index (κ3) is 6.00. The molecule has 1 aliphatic heterocycles. The third-order valence-electron chi connectivity index (χ3n) is 4.77. The number of rotatable bonds is 5. The molecule has 8 heteroatoms. The largest absolute Gasteiger partial charge is 0.359 e. The van der Waals surface area contributed by atoms with Crippen molar-refractivity contribution in [3.05, 3.63) is 60.2 Å². The highest BCUT2D eigenvalue weighted by Crippen LogP contribution is 2.13. The Morgan fingerprint density at radius 3 is 2.30 bits per heavy atom. The highest BCUT2D eigenvalue weighted by Gasteiger charge is 2.22. The van der Waals surface area contributed by atoms with E-state index in [9.17, 15) is 8.42 Å². The lowest BCUT2D eigenvalue weighted by Gasteiger charge is -2.30. The molecule has 5 N–H and O–H groups in total. The molecule has 27 heavy (non-hydrogen) atoms. The van der Waals surface area contributed by atoms with Crippen LogP contribution in [-0.4, -0.2) is 32.7 Å². The summed E-state index contributed by atoms with van der Waals surface area (Å²) in [7, 11) is -3.68.